The van der Waals surface area contributed by atoms with Gasteiger partial charge in [-0.15, -0.1) is 0 Å². The molecule has 0 rings (SSSR count). The zero-order valence-electron chi connectivity index (χ0n) is 10.5. The number of hydrogen-bond acceptors (Lipinski definition) is 8. The molecule has 13 heteroatoms. The molecule has 0 radical (unpaired) electrons. The molecule has 0 saturated carbocycles. The van der Waals surface area contributed by atoms with Gasteiger partial charge in [0, 0.05) is 0 Å². The average molecular weight is 339 g/mol. The van der Waals surface area contributed by atoms with E-state index in [0.29, 0.717) is 0 Å². The SMILES string of the molecule is O=C(O)[C@H](O)[C@@H](O)C(=O)O.O=C(O)[C@H](O)[C@@H](O)C(=O)O.[K+]. The summed E-state index contributed by atoms with van der Waals surface area (Å²) in [4.78, 5) is 39.1. The second-order valence-electron chi connectivity index (χ2n) is 3.13. The summed E-state index contributed by atoms with van der Waals surface area (Å²) in [5.41, 5.74) is 0. The number of aliphatic hydroxyl groups is 4. The summed E-state index contributed by atoms with van der Waals surface area (Å²) >= 11 is 0. The van der Waals surface area contributed by atoms with Crippen molar-refractivity contribution >= 4 is 23.9 Å². The predicted molar refractivity (Wildman–Crippen MR) is 54.6 cm³/mol. The average Bonchev–Trinajstić information content (AvgIpc) is 2.35. The predicted octanol–water partition coefficient (Wildman–Crippen LogP) is -7.24. The summed E-state index contributed by atoms with van der Waals surface area (Å²) in [7, 11) is 0. The van der Waals surface area contributed by atoms with Crippen LogP contribution in [0.4, 0.5) is 0 Å². The number of aliphatic hydroxyl groups excluding tert-OH is 4. The summed E-state index contributed by atoms with van der Waals surface area (Å²) in [6, 6.07) is 0. The Kier molecular flexibility index (Phi) is 14.4. The van der Waals surface area contributed by atoms with Crippen molar-refractivity contribution in [1.82, 2.24) is 0 Å². The van der Waals surface area contributed by atoms with Crippen LogP contribution in [-0.2, 0) is 19.2 Å². The van der Waals surface area contributed by atoms with Gasteiger partial charge in [0.1, 0.15) is 0 Å². The molecule has 0 amide bonds. The molecule has 4 atom stereocenters. The molecule has 0 fully saturated rings. The number of carbonyl (C=O) groups is 4. The van der Waals surface area contributed by atoms with Gasteiger partial charge >= 0.3 is 75.3 Å². The van der Waals surface area contributed by atoms with Crippen LogP contribution in [0, 0.1) is 0 Å². The summed E-state index contributed by atoms with van der Waals surface area (Å²) < 4.78 is 0. The molecule has 116 valence electrons. The van der Waals surface area contributed by atoms with Crippen LogP contribution < -0.4 is 51.4 Å². The molecule has 0 spiro atoms. The Morgan fingerprint density at radius 1 is 0.476 bits per heavy atom. The van der Waals surface area contributed by atoms with Crippen LogP contribution >= 0.6 is 0 Å². The van der Waals surface area contributed by atoms with Gasteiger partial charge in [0.15, 0.2) is 24.4 Å². The monoisotopic (exact) mass is 339 g/mol. The quantitative estimate of drug-likeness (QED) is 0.211. The zero-order valence-corrected chi connectivity index (χ0v) is 13.6. The van der Waals surface area contributed by atoms with Crippen LogP contribution in [0.3, 0.4) is 0 Å². The minimum absolute atomic E-state index is 0. The first-order chi connectivity index (χ1) is 8.93. The fraction of sp³-hybridized carbons (Fsp3) is 0.500. The molecule has 0 aromatic rings. The van der Waals surface area contributed by atoms with Crippen molar-refractivity contribution < 1.29 is 111 Å². The molecule has 0 bridgehead atoms. The minimum Gasteiger partial charge on any atom is -0.479 e. The summed E-state index contributed by atoms with van der Waals surface area (Å²) in [6.07, 6.45) is -9.06. The van der Waals surface area contributed by atoms with Crippen LogP contribution in [0.2, 0.25) is 0 Å². The molecule has 21 heavy (non-hydrogen) atoms. The van der Waals surface area contributed by atoms with Crippen molar-refractivity contribution in [3.8, 4) is 0 Å². The van der Waals surface area contributed by atoms with Crippen molar-refractivity contribution in [3.63, 3.8) is 0 Å². The molecule has 0 unspecified atom stereocenters. The van der Waals surface area contributed by atoms with Crippen LogP contribution in [0.1, 0.15) is 0 Å². The third-order valence-corrected chi connectivity index (χ3v) is 1.61. The second-order valence-corrected chi connectivity index (χ2v) is 3.13. The van der Waals surface area contributed by atoms with Crippen LogP contribution in [0.15, 0.2) is 0 Å². The molecule has 12 nitrogen and oxygen atoms in total. The van der Waals surface area contributed by atoms with Gasteiger partial charge < -0.3 is 40.9 Å². The summed E-state index contributed by atoms with van der Waals surface area (Å²) in [6.45, 7) is 0. The van der Waals surface area contributed by atoms with Crippen molar-refractivity contribution in [2.45, 2.75) is 24.4 Å². The first kappa shape index (κ1) is 25.3. The number of carboxylic acid groups (broad SMARTS) is 4. The van der Waals surface area contributed by atoms with Gasteiger partial charge in [-0.05, 0) is 0 Å². The van der Waals surface area contributed by atoms with Gasteiger partial charge in [0.05, 0.1) is 0 Å². The third kappa shape index (κ3) is 10.7. The molecule has 0 heterocycles. The second kappa shape index (κ2) is 12.0. The number of rotatable bonds is 6. The van der Waals surface area contributed by atoms with Crippen molar-refractivity contribution in [2.75, 3.05) is 0 Å². The van der Waals surface area contributed by atoms with Crippen molar-refractivity contribution in [1.29, 1.82) is 0 Å². The molecule has 0 aliphatic rings. The van der Waals surface area contributed by atoms with E-state index in [1.165, 1.54) is 0 Å². The fourth-order valence-electron chi connectivity index (χ4n) is 0.540. The Morgan fingerprint density at radius 2 is 0.571 bits per heavy atom. The maximum absolute atomic E-state index is 9.77. The van der Waals surface area contributed by atoms with Gasteiger partial charge in [-0.25, -0.2) is 19.2 Å². The minimum atomic E-state index is -2.27. The van der Waals surface area contributed by atoms with E-state index in [0.717, 1.165) is 0 Å². The first-order valence-electron chi connectivity index (χ1n) is 4.57. The molecule has 8 N–H and O–H groups in total. The van der Waals surface area contributed by atoms with Crippen LogP contribution in [0.25, 0.3) is 0 Å². The smallest absolute Gasteiger partial charge is 0.479 e. The number of carboxylic acids is 4. The molecular formula is C8H12KO12+. The molecule has 0 aliphatic carbocycles. The molecule has 0 saturated heterocycles. The number of hydrogen-bond donors (Lipinski definition) is 8. The van der Waals surface area contributed by atoms with Crippen LogP contribution in [0.5, 0.6) is 0 Å². The van der Waals surface area contributed by atoms with E-state index in [1.807, 2.05) is 0 Å². The van der Waals surface area contributed by atoms with Crippen molar-refractivity contribution in [2.24, 2.45) is 0 Å². The first-order valence-corrected chi connectivity index (χ1v) is 4.57. The maximum atomic E-state index is 9.77. The zero-order chi connectivity index (χ0) is 16.6. The largest absolute Gasteiger partial charge is 1.00 e. The van der Waals surface area contributed by atoms with Gasteiger partial charge in [-0.1, -0.05) is 0 Å². The molecule has 0 aliphatic heterocycles. The van der Waals surface area contributed by atoms with E-state index in [-0.39, 0.29) is 51.4 Å². The Morgan fingerprint density at radius 3 is 0.619 bits per heavy atom. The molecular weight excluding hydrogens is 327 g/mol. The topological polar surface area (TPSA) is 230 Å². The summed E-state index contributed by atoms with van der Waals surface area (Å²) in [5, 5.41) is 65.1. The molecule has 0 aromatic heterocycles. The van der Waals surface area contributed by atoms with Gasteiger partial charge in [0.2, 0.25) is 0 Å². The number of aliphatic carboxylic acids is 4. The van der Waals surface area contributed by atoms with E-state index in [2.05, 4.69) is 0 Å². The van der Waals surface area contributed by atoms with E-state index in [4.69, 9.17) is 40.9 Å². The Hall–Kier alpha value is -0.644. The third-order valence-electron chi connectivity index (χ3n) is 1.61. The van der Waals surface area contributed by atoms with E-state index >= 15 is 0 Å². The van der Waals surface area contributed by atoms with Crippen molar-refractivity contribution in [3.05, 3.63) is 0 Å². The van der Waals surface area contributed by atoms with E-state index < -0.39 is 48.3 Å². The summed E-state index contributed by atoms with van der Waals surface area (Å²) in [5.74, 6) is -7.07. The Labute approximate surface area is 158 Å². The van der Waals surface area contributed by atoms with Gasteiger partial charge in [0.25, 0.3) is 0 Å². The Bertz CT molecular complexity index is 309. The van der Waals surface area contributed by atoms with Crippen LogP contribution in [-0.4, -0.2) is 89.1 Å². The normalized spacial score (nSPS) is 15.0. The van der Waals surface area contributed by atoms with E-state index in [1.54, 1.807) is 0 Å². The fourth-order valence-corrected chi connectivity index (χ4v) is 0.540. The maximum Gasteiger partial charge on any atom is 1.00 e. The van der Waals surface area contributed by atoms with E-state index in [9.17, 15) is 19.2 Å². The Balaban J connectivity index is -0.000000295. The standard InChI is InChI=1S/2C4H6O6.K/c2*5-1(3(7)8)2(6)4(9)10;/h2*1-2,5-6H,(H,7,8)(H,9,10);/q;;+1/t2*1-,2-;/m11./s1. The van der Waals surface area contributed by atoms with Gasteiger partial charge in [-0.2, -0.15) is 0 Å². The molecule has 0 aromatic carbocycles. The van der Waals surface area contributed by atoms with Gasteiger partial charge in [-0.3, -0.25) is 0 Å².